The summed E-state index contributed by atoms with van der Waals surface area (Å²) in [5.74, 6) is 0. The van der Waals surface area contributed by atoms with Crippen molar-refractivity contribution in [3.8, 4) is 0 Å². The van der Waals surface area contributed by atoms with Gasteiger partial charge in [0.15, 0.2) is 0 Å². The lowest BCUT2D eigenvalue weighted by atomic mass is 10.1. The van der Waals surface area contributed by atoms with E-state index in [-0.39, 0.29) is 0 Å². The van der Waals surface area contributed by atoms with E-state index in [0.29, 0.717) is 0 Å². The molecule has 0 aliphatic carbocycles. The SMILES string of the molecule is Cc1cccc(N)c1Nc1ccncc1. The van der Waals surface area contributed by atoms with Gasteiger partial charge in [0.25, 0.3) is 0 Å². The number of hydrogen-bond donors (Lipinski definition) is 2. The van der Waals surface area contributed by atoms with E-state index in [0.717, 1.165) is 22.6 Å². The predicted molar refractivity (Wildman–Crippen MR) is 63.1 cm³/mol. The van der Waals surface area contributed by atoms with Gasteiger partial charge in [0.2, 0.25) is 0 Å². The summed E-state index contributed by atoms with van der Waals surface area (Å²) in [6.07, 6.45) is 3.49. The summed E-state index contributed by atoms with van der Waals surface area (Å²) in [6.45, 7) is 2.03. The van der Waals surface area contributed by atoms with Crippen LogP contribution in [0, 0.1) is 6.92 Å². The topological polar surface area (TPSA) is 50.9 Å². The van der Waals surface area contributed by atoms with Crippen LogP contribution < -0.4 is 11.1 Å². The number of aryl methyl sites for hydroxylation is 1. The van der Waals surface area contributed by atoms with Crippen molar-refractivity contribution >= 4 is 17.1 Å². The Labute approximate surface area is 89.0 Å². The van der Waals surface area contributed by atoms with Crippen LogP contribution in [0.25, 0.3) is 0 Å². The van der Waals surface area contributed by atoms with E-state index in [2.05, 4.69) is 10.3 Å². The van der Waals surface area contributed by atoms with Crippen molar-refractivity contribution in [3.63, 3.8) is 0 Å². The zero-order chi connectivity index (χ0) is 10.7. The molecule has 3 heteroatoms. The molecule has 3 nitrogen and oxygen atoms in total. The largest absolute Gasteiger partial charge is 0.397 e. The molecule has 1 heterocycles. The number of nitrogen functional groups attached to an aromatic ring is 1. The summed E-state index contributed by atoms with van der Waals surface area (Å²) in [7, 11) is 0. The van der Waals surface area contributed by atoms with E-state index in [9.17, 15) is 0 Å². The molecule has 0 radical (unpaired) electrons. The number of nitrogens with one attached hydrogen (secondary N) is 1. The second-order valence-corrected chi connectivity index (χ2v) is 3.40. The van der Waals surface area contributed by atoms with Gasteiger partial charge in [-0.3, -0.25) is 4.98 Å². The average molecular weight is 199 g/mol. The molecular formula is C12H13N3. The molecule has 0 saturated heterocycles. The van der Waals surface area contributed by atoms with Gasteiger partial charge in [-0.05, 0) is 30.7 Å². The second kappa shape index (κ2) is 4.00. The Kier molecular flexibility index (Phi) is 2.54. The fraction of sp³-hybridized carbons (Fsp3) is 0.0833. The standard InChI is InChI=1S/C12H13N3/c1-9-3-2-4-11(13)12(9)15-10-5-7-14-8-6-10/h2-8H,13H2,1H3,(H,14,15). The molecule has 0 unspecified atom stereocenters. The molecule has 3 N–H and O–H groups in total. The molecule has 0 bridgehead atoms. The molecule has 0 amide bonds. The summed E-state index contributed by atoms with van der Waals surface area (Å²) in [6, 6.07) is 9.68. The Hall–Kier alpha value is -2.03. The van der Waals surface area contributed by atoms with Gasteiger partial charge in [-0.1, -0.05) is 12.1 Å². The number of aromatic nitrogens is 1. The Bertz CT molecular complexity index is 431. The first-order valence-corrected chi connectivity index (χ1v) is 4.79. The van der Waals surface area contributed by atoms with Gasteiger partial charge in [-0.15, -0.1) is 0 Å². The number of nitrogens with two attached hydrogens (primary N) is 1. The summed E-state index contributed by atoms with van der Waals surface area (Å²) >= 11 is 0. The first-order valence-electron chi connectivity index (χ1n) is 4.79. The Balaban J connectivity index is 2.32. The molecule has 2 aromatic rings. The highest BCUT2D eigenvalue weighted by Gasteiger charge is 2.01. The molecule has 0 aliphatic heterocycles. The summed E-state index contributed by atoms with van der Waals surface area (Å²) < 4.78 is 0. The molecule has 0 atom stereocenters. The Morgan fingerprint density at radius 1 is 1.13 bits per heavy atom. The molecule has 1 aromatic carbocycles. The van der Waals surface area contributed by atoms with Gasteiger partial charge in [0.1, 0.15) is 0 Å². The number of benzene rings is 1. The maximum Gasteiger partial charge on any atom is 0.0647 e. The van der Waals surface area contributed by atoms with Crippen LogP contribution in [-0.4, -0.2) is 4.98 Å². The number of anilines is 3. The van der Waals surface area contributed by atoms with Gasteiger partial charge in [-0.25, -0.2) is 0 Å². The van der Waals surface area contributed by atoms with Gasteiger partial charge in [-0.2, -0.15) is 0 Å². The van der Waals surface area contributed by atoms with Gasteiger partial charge < -0.3 is 11.1 Å². The molecule has 0 fully saturated rings. The van der Waals surface area contributed by atoms with E-state index >= 15 is 0 Å². The second-order valence-electron chi connectivity index (χ2n) is 3.40. The summed E-state index contributed by atoms with van der Waals surface area (Å²) in [4.78, 5) is 3.96. The van der Waals surface area contributed by atoms with Crippen molar-refractivity contribution in [3.05, 3.63) is 48.3 Å². The van der Waals surface area contributed by atoms with Crippen molar-refractivity contribution < 1.29 is 0 Å². The Morgan fingerprint density at radius 3 is 2.53 bits per heavy atom. The fourth-order valence-corrected chi connectivity index (χ4v) is 1.44. The molecule has 1 aromatic heterocycles. The highest BCUT2D eigenvalue weighted by atomic mass is 14.9. The van der Waals surface area contributed by atoms with Crippen molar-refractivity contribution in [1.82, 2.24) is 4.98 Å². The number of para-hydroxylation sites is 1. The third-order valence-corrected chi connectivity index (χ3v) is 2.25. The lowest BCUT2D eigenvalue weighted by Crippen LogP contribution is -1.98. The van der Waals surface area contributed by atoms with Gasteiger partial charge in [0, 0.05) is 18.1 Å². The van der Waals surface area contributed by atoms with Crippen LogP contribution in [0.15, 0.2) is 42.7 Å². The first kappa shape index (κ1) is 9.52. The van der Waals surface area contributed by atoms with Crippen molar-refractivity contribution in [1.29, 1.82) is 0 Å². The summed E-state index contributed by atoms with van der Waals surface area (Å²) in [5, 5.41) is 3.28. The number of rotatable bonds is 2. The summed E-state index contributed by atoms with van der Waals surface area (Å²) in [5.41, 5.74) is 9.73. The van der Waals surface area contributed by atoms with Gasteiger partial charge in [0.05, 0.1) is 11.4 Å². The minimum Gasteiger partial charge on any atom is -0.397 e. The minimum absolute atomic E-state index is 0.756. The predicted octanol–water partition coefficient (Wildman–Crippen LogP) is 2.72. The highest BCUT2D eigenvalue weighted by Crippen LogP contribution is 2.25. The van der Waals surface area contributed by atoms with Crippen LogP contribution in [0.5, 0.6) is 0 Å². The van der Waals surface area contributed by atoms with Crippen molar-refractivity contribution in [2.24, 2.45) is 0 Å². The van der Waals surface area contributed by atoms with Gasteiger partial charge >= 0.3 is 0 Å². The van der Waals surface area contributed by atoms with E-state index in [1.807, 2.05) is 37.3 Å². The lowest BCUT2D eigenvalue weighted by molar-refractivity contribution is 1.32. The maximum absolute atomic E-state index is 5.89. The normalized spacial score (nSPS) is 9.93. The number of nitrogens with zero attached hydrogens (tertiary/aromatic N) is 1. The molecule has 76 valence electrons. The van der Waals surface area contributed by atoms with Crippen LogP contribution in [0.3, 0.4) is 0 Å². The number of hydrogen-bond acceptors (Lipinski definition) is 3. The van der Waals surface area contributed by atoms with Crippen LogP contribution in [-0.2, 0) is 0 Å². The van der Waals surface area contributed by atoms with Crippen LogP contribution >= 0.6 is 0 Å². The molecule has 0 spiro atoms. The Morgan fingerprint density at radius 2 is 1.87 bits per heavy atom. The molecular weight excluding hydrogens is 186 g/mol. The van der Waals surface area contributed by atoms with Crippen molar-refractivity contribution in [2.45, 2.75) is 6.92 Å². The molecule has 2 rings (SSSR count). The smallest absolute Gasteiger partial charge is 0.0647 e. The van der Waals surface area contributed by atoms with Crippen LogP contribution in [0.2, 0.25) is 0 Å². The monoisotopic (exact) mass is 199 g/mol. The van der Waals surface area contributed by atoms with Crippen LogP contribution in [0.1, 0.15) is 5.56 Å². The van der Waals surface area contributed by atoms with E-state index in [1.54, 1.807) is 12.4 Å². The quantitative estimate of drug-likeness (QED) is 0.731. The fourth-order valence-electron chi connectivity index (χ4n) is 1.44. The van der Waals surface area contributed by atoms with E-state index in [1.165, 1.54) is 0 Å². The van der Waals surface area contributed by atoms with Crippen molar-refractivity contribution in [2.75, 3.05) is 11.1 Å². The van der Waals surface area contributed by atoms with Crippen LogP contribution in [0.4, 0.5) is 17.1 Å². The zero-order valence-electron chi connectivity index (χ0n) is 8.57. The average Bonchev–Trinajstić information content (AvgIpc) is 2.25. The lowest BCUT2D eigenvalue weighted by Gasteiger charge is -2.11. The molecule has 0 saturated carbocycles. The highest BCUT2D eigenvalue weighted by molar-refractivity contribution is 5.75. The minimum atomic E-state index is 0.756. The third-order valence-electron chi connectivity index (χ3n) is 2.25. The number of pyridine rings is 1. The third kappa shape index (κ3) is 2.07. The maximum atomic E-state index is 5.89. The zero-order valence-corrected chi connectivity index (χ0v) is 8.57. The van der Waals surface area contributed by atoms with E-state index < -0.39 is 0 Å². The molecule has 15 heavy (non-hydrogen) atoms. The first-order chi connectivity index (χ1) is 7.27. The van der Waals surface area contributed by atoms with E-state index in [4.69, 9.17) is 5.73 Å². The molecule has 0 aliphatic rings.